The molecule has 0 unspecified atom stereocenters. The van der Waals surface area contributed by atoms with Gasteiger partial charge in [-0.15, -0.1) is 0 Å². The van der Waals surface area contributed by atoms with Gasteiger partial charge in [0.1, 0.15) is 0 Å². The van der Waals surface area contributed by atoms with Gasteiger partial charge in [0.2, 0.25) is 0 Å². The Balaban J connectivity index is 1.85. The molecule has 2 rings (SSSR count). The Morgan fingerprint density at radius 1 is 1.39 bits per heavy atom. The highest BCUT2D eigenvalue weighted by atomic mass is 15.2. The number of benzene rings is 1. The zero-order valence-corrected chi connectivity index (χ0v) is 10.2. The van der Waals surface area contributed by atoms with E-state index in [9.17, 15) is 0 Å². The van der Waals surface area contributed by atoms with Crippen LogP contribution < -0.4 is 0 Å². The summed E-state index contributed by atoms with van der Waals surface area (Å²) in [5.41, 5.74) is 2.87. The van der Waals surface area contributed by atoms with Gasteiger partial charge < -0.3 is 0 Å². The summed E-state index contributed by atoms with van der Waals surface area (Å²) < 4.78 is 1.79. The molecule has 1 heterocycles. The van der Waals surface area contributed by atoms with Crippen molar-refractivity contribution >= 4 is 11.9 Å². The molecule has 0 saturated carbocycles. The topological polar surface area (TPSA) is 34.5 Å². The van der Waals surface area contributed by atoms with E-state index in [0.717, 1.165) is 18.5 Å². The Labute approximate surface area is 106 Å². The van der Waals surface area contributed by atoms with E-state index in [1.807, 2.05) is 37.8 Å². The third kappa shape index (κ3) is 3.29. The third-order valence-electron chi connectivity index (χ3n) is 2.55. The van der Waals surface area contributed by atoms with Gasteiger partial charge in [0.15, 0.2) is 5.69 Å². The lowest BCUT2D eigenvalue weighted by molar-refractivity contribution is 0.766. The number of aromatic nitrogens is 2. The lowest BCUT2D eigenvalue weighted by Crippen LogP contribution is -1.89. The van der Waals surface area contributed by atoms with E-state index in [0.29, 0.717) is 5.69 Å². The van der Waals surface area contributed by atoms with Gasteiger partial charge in [-0.05, 0) is 17.5 Å². The zero-order valence-electron chi connectivity index (χ0n) is 10.2. The van der Waals surface area contributed by atoms with Crippen LogP contribution in [0.1, 0.15) is 11.1 Å². The molecule has 0 radical (unpaired) electrons. The normalized spacial score (nSPS) is 10.7. The van der Waals surface area contributed by atoms with E-state index < -0.39 is 0 Å². The molecule has 0 N–H and O–H groups in total. The predicted octanol–water partition coefficient (Wildman–Crippen LogP) is 2.63. The molecule has 0 aliphatic rings. The summed E-state index contributed by atoms with van der Waals surface area (Å²) in [6, 6.07) is 7.41. The Bertz CT molecular complexity index is 573. The number of rotatable bonds is 4. The van der Waals surface area contributed by atoms with E-state index in [4.69, 9.17) is 6.57 Å². The second-order valence-corrected chi connectivity index (χ2v) is 4.01. The average molecular weight is 238 g/mol. The number of aliphatic imine (C=N–C) groups is 1. The number of hydrogen-bond acceptors (Lipinski definition) is 2. The van der Waals surface area contributed by atoms with Crippen molar-refractivity contribution in [3.8, 4) is 0 Å². The van der Waals surface area contributed by atoms with Crippen LogP contribution in [0.25, 0.3) is 4.85 Å². The first-order chi connectivity index (χ1) is 8.78. The highest BCUT2D eigenvalue weighted by Gasteiger charge is 1.94. The summed E-state index contributed by atoms with van der Waals surface area (Å²) in [6.45, 7) is 7.61. The molecule has 0 bridgehead atoms. The maximum absolute atomic E-state index is 6.86. The number of nitrogens with zero attached hydrogens (tertiary/aromatic N) is 4. The van der Waals surface area contributed by atoms with Gasteiger partial charge in [-0.2, -0.15) is 5.10 Å². The van der Waals surface area contributed by atoms with Crippen LogP contribution in [0, 0.1) is 6.57 Å². The van der Waals surface area contributed by atoms with Crippen molar-refractivity contribution < 1.29 is 0 Å². The molecule has 4 heteroatoms. The Kier molecular flexibility index (Phi) is 3.87. The standard InChI is InChI=1S/C14H14N4/c1-15-14-5-3-12(4-6-14)9-16-8-7-13-10-17-18(2)11-13/h3-6,9-11H,7-8H2,2H3. The number of aryl methyl sites for hydroxylation is 1. The van der Waals surface area contributed by atoms with E-state index in [2.05, 4.69) is 14.9 Å². The Morgan fingerprint density at radius 3 is 2.78 bits per heavy atom. The Morgan fingerprint density at radius 2 is 2.17 bits per heavy atom. The predicted molar refractivity (Wildman–Crippen MR) is 72.1 cm³/mol. The summed E-state index contributed by atoms with van der Waals surface area (Å²) in [6.07, 6.45) is 6.59. The average Bonchev–Trinajstić information content (AvgIpc) is 2.81. The van der Waals surface area contributed by atoms with Gasteiger partial charge in [-0.25, -0.2) is 4.85 Å². The molecule has 4 nitrogen and oxygen atoms in total. The minimum Gasteiger partial charge on any atom is -0.292 e. The first-order valence-corrected chi connectivity index (χ1v) is 5.73. The summed E-state index contributed by atoms with van der Waals surface area (Å²) in [5.74, 6) is 0. The van der Waals surface area contributed by atoms with Gasteiger partial charge in [-0.3, -0.25) is 9.67 Å². The van der Waals surface area contributed by atoms with Crippen LogP contribution in [0.4, 0.5) is 5.69 Å². The molecule has 0 aliphatic heterocycles. The maximum atomic E-state index is 6.86. The van der Waals surface area contributed by atoms with Crippen molar-refractivity contribution in [1.82, 2.24) is 9.78 Å². The molecule has 0 atom stereocenters. The summed E-state index contributed by atoms with van der Waals surface area (Å²) in [5, 5.41) is 4.11. The molecule has 1 aromatic heterocycles. The van der Waals surface area contributed by atoms with Gasteiger partial charge in [-0.1, -0.05) is 24.3 Å². The zero-order chi connectivity index (χ0) is 12.8. The van der Waals surface area contributed by atoms with Crippen LogP contribution in [0.15, 0.2) is 41.7 Å². The highest BCUT2D eigenvalue weighted by molar-refractivity contribution is 5.80. The lowest BCUT2D eigenvalue weighted by atomic mass is 10.2. The molecule has 90 valence electrons. The van der Waals surface area contributed by atoms with Crippen LogP contribution in [0.2, 0.25) is 0 Å². The van der Waals surface area contributed by atoms with E-state index >= 15 is 0 Å². The molecule has 0 aliphatic carbocycles. The van der Waals surface area contributed by atoms with Crippen LogP contribution in [-0.2, 0) is 13.5 Å². The van der Waals surface area contributed by atoms with Crippen molar-refractivity contribution in [1.29, 1.82) is 0 Å². The molecular formula is C14H14N4. The number of hydrogen-bond donors (Lipinski definition) is 0. The maximum Gasteiger partial charge on any atom is 0.187 e. The fourth-order valence-corrected chi connectivity index (χ4v) is 1.60. The first-order valence-electron chi connectivity index (χ1n) is 5.73. The van der Waals surface area contributed by atoms with Gasteiger partial charge >= 0.3 is 0 Å². The van der Waals surface area contributed by atoms with Crippen molar-refractivity contribution in [2.75, 3.05) is 6.54 Å². The Hall–Kier alpha value is -2.41. The van der Waals surface area contributed by atoms with Crippen LogP contribution in [-0.4, -0.2) is 22.5 Å². The molecule has 0 spiro atoms. The molecule has 18 heavy (non-hydrogen) atoms. The molecule has 0 saturated heterocycles. The van der Waals surface area contributed by atoms with E-state index in [1.165, 1.54) is 5.56 Å². The summed E-state index contributed by atoms with van der Waals surface area (Å²) in [4.78, 5) is 7.71. The van der Waals surface area contributed by atoms with E-state index in [1.54, 1.807) is 16.8 Å². The molecule has 1 aromatic carbocycles. The van der Waals surface area contributed by atoms with Crippen LogP contribution in [0.5, 0.6) is 0 Å². The third-order valence-corrected chi connectivity index (χ3v) is 2.55. The summed E-state index contributed by atoms with van der Waals surface area (Å²) in [7, 11) is 1.91. The minimum absolute atomic E-state index is 0.655. The van der Waals surface area contributed by atoms with Gasteiger partial charge in [0.05, 0.1) is 12.8 Å². The second kappa shape index (κ2) is 5.78. The van der Waals surface area contributed by atoms with Crippen LogP contribution >= 0.6 is 0 Å². The molecule has 0 fully saturated rings. The fraction of sp³-hybridized carbons (Fsp3) is 0.214. The first kappa shape index (κ1) is 12.1. The van der Waals surface area contributed by atoms with Crippen molar-refractivity contribution in [2.24, 2.45) is 12.0 Å². The van der Waals surface area contributed by atoms with Crippen molar-refractivity contribution in [3.63, 3.8) is 0 Å². The molecule has 2 aromatic rings. The monoisotopic (exact) mass is 238 g/mol. The highest BCUT2D eigenvalue weighted by Crippen LogP contribution is 2.11. The molecular weight excluding hydrogens is 224 g/mol. The molecule has 0 amide bonds. The van der Waals surface area contributed by atoms with Crippen molar-refractivity contribution in [2.45, 2.75) is 6.42 Å². The smallest absolute Gasteiger partial charge is 0.187 e. The fourth-order valence-electron chi connectivity index (χ4n) is 1.60. The minimum atomic E-state index is 0.655. The van der Waals surface area contributed by atoms with Crippen molar-refractivity contribution in [3.05, 3.63) is 59.2 Å². The van der Waals surface area contributed by atoms with Crippen LogP contribution in [0.3, 0.4) is 0 Å². The van der Waals surface area contributed by atoms with Gasteiger partial charge in [0, 0.05) is 26.0 Å². The lowest BCUT2D eigenvalue weighted by Gasteiger charge is -1.94. The largest absolute Gasteiger partial charge is 0.292 e. The van der Waals surface area contributed by atoms with Gasteiger partial charge in [0.25, 0.3) is 0 Å². The quantitative estimate of drug-likeness (QED) is 0.595. The second-order valence-electron chi connectivity index (χ2n) is 4.01. The SMILES string of the molecule is [C-]#[N+]c1ccc(C=NCCc2cnn(C)c2)cc1. The summed E-state index contributed by atoms with van der Waals surface area (Å²) >= 11 is 0. The van der Waals surface area contributed by atoms with E-state index in [-0.39, 0.29) is 0 Å².